The zero-order valence-corrected chi connectivity index (χ0v) is 13.9. The molecule has 1 aromatic rings. The highest BCUT2D eigenvalue weighted by Gasteiger charge is 2.45. The van der Waals surface area contributed by atoms with E-state index in [1.807, 2.05) is 17.0 Å². The van der Waals surface area contributed by atoms with Gasteiger partial charge in [-0.1, -0.05) is 12.1 Å². The van der Waals surface area contributed by atoms with Crippen molar-refractivity contribution in [3.63, 3.8) is 0 Å². The van der Waals surface area contributed by atoms with Crippen molar-refractivity contribution >= 4 is 6.03 Å². The molecule has 3 aliphatic rings. The van der Waals surface area contributed by atoms with Crippen molar-refractivity contribution in [1.29, 1.82) is 0 Å². The number of amides is 2. The fourth-order valence-electron chi connectivity index (χ4n) is 4.23. The number of hydrogen-bond donors (Lipinski definition) is 1. The van der Waals surface area contributed by atoms with Crippen LogP contribution in [-0.2, 0) is 13.0 Å². The van der Waals surface area contributed by atoms with Crippen molar-refractivity contribution < 1.29 is 9.53 Å². The van der Waals surface area contributed by atoms with E-state index in [-0.39, 0.29) is 6.03 Å². The maximum atomic E-state index is 12.6. The predicted molar refractivity (Wildman–Crippen MR) is 89.6 cm³/mol. The number of ether oxygens (including phenoxy) is 1. The van der Waals surface area contributed by atoms with E-state index in [4.69, 9.17) is 4.74 Å². The highest BCUT2D eigenvalue weighted by molar-refractivity contribution is 5.75. The number of carbonyl (C=O) groups excluding carboxylic acids is 1. The largest absolute Gasteiger partial charge is 0.496 e. The van der Waals surface area contributed by atoms with E-state index in [0.717, 1.165) is 37.1 Å². The summed E-state index contributed by atoms with van der Waals surface area (Å²) in [6.45, 7) is 1.45. The van der Waals surface area contributed by atoms with Crippen LogP contribution in [0.3, 0.4) is 0 Å². The number of hydrogen-bond acceptors (Lipinski definition) is 2. The number of nitrogens with one attached hydrogen (secondary N) is 1. The Morgan fingerprint density at radius 3 is 2.74 bits per heavy atom. The van der Waals surface area contributed by atoms with E-state index >= 15 is 0 Å². The lowest BCUT2D eigenvalue weighted by Gasteiger charge is -2.34. The first-order chi connectivity index (χ1) is 11.2. The highest BCUT2D eigenvalue weighted by atomic mass is 16.5. The molecular weight excluding hydrogens is 288 g/mol. The first kappa shape index (κ1) is 14.9. The lowest BCUT2D eigenvalue weighted by atomic mass is 9.83. The van der Waals surface area contributed by atoms with E-state index in [0.29, 0.717) is 18.0 Å². The van der Waals surface area contributed by atoms with Gasteiger partial charge < -0.3 is 15.0 Å². The third kappa shape index (κ3) is 2.91. The third-order valence-corrected chi connectivity index (χ3v) is 6.07. The van der Waals surface area contributed by atoms with Gasteiger partial charge in [0.25, 0.3) is 0 Å². The molecular formula is C19H26N2O2. The Kier molecular flexibility index (Phi) is 3.70. The third-order valence-electron chi connectivity index (χ3n) is 6.07. The summed E-state index contributed by atoms with van der Waals surface area (Å²) in [5, 5.41) is 3.27. The Balaban J connectivity index is 1.38. The Morgan fingerprint density at radius 1 is 1.26 bits per heavy atom. The lowest BCUT2D eigenvalue weighted by Crippen LogP contribution is -2.47. The number of rotatable bonds is 2. The molecule has 23 heavy (non-hydrogen) atoms. The second-order valence-electron chi connectivity index (χ2n) is 7.49. The number of methoxy groups -OCH3 is 1. The van der Waals surface area contributed by atoms with Gasteiger partial charge in [0.05, 0.1) is 13.7 Å². The molecule has 2 fully saturated rings. The molecule has 0 saturated heterocycles. The fraction of sp³-hybridized carbons (Fsp3) is 0.632. The van der Waals surface area contributed by atoms with Crippen LogP contribution in [0.2, 0.25) is 0 Å². The van der Waals surface area contributed by atoms with Gasteiger partial charge in [-0.15, -0.1) is 0 Å². The van der Waals surface area contributed by atoms with Gasteiger partial charge in [0.2, 0.25) is 0 Å². The van der Waals surface area contributed by atoms with Crippen molar-refractivity contribution in [2.75, 3.05) is 13.7 Å². The molecule has 124 valence electrons. The molecule has 0 radical (unpaired) electrons. The van der Waals surface area contributed by atoms with Crippen LogP contribution in [0.4, 0.5) is 4.79 Å². The monoisotopic (exact) mass is 314 g/mol. The van der Waals surface area contributed by atoms with Gasteiger partial charge in [0.1, 0.15) is 5.75 Å². The van der Waals surface area contributed by atoms with Crippen molar-refractivity contribution in [3.8, 4) is 5.75 Å². The molecule has 1 N–H and O–H groups in total. The van der Waals surface area contributed by atoms with Crippen molar-refractivity contribution in [3.05, 3.63) is 29.3 Å². The van der Waals surface area contributed by atoms with Crippen molar-refractivity contribution in [2.24, 2.45) is 5.41 Å². The quantitative estimate of drug-likeness (QED) is 0.908. The molecule has 0 unspecified atom stereocenters. The lowest BCUT2D eigenvalue weighted by molar-refractivity contribution is 0.179. The molecule has 0 atom stereocenters. The molecule has 0 aromatic heterocycles. The minimum atomic E-state index is 0.0957. The van der Waals surface area contributed by atoms with Crippen LogP contribution in [0.5, 0.6) is 5.75 Å². The molecule has 4 nitrogen and oxygen atoms in total. The van der Waals surface area contributed by atoms with Gasteiger partial charge in [-0.3, -0.25) is 0 Å². The molecule has 2 amide bonds. The summed E-state index contributed by atoms with van der Waals surface area (Å²) in [6, 6.07) is 6.62. The highest BCUT2D eigenvalue weighted by Crippen LogP contribution is 2.56. The fourth-order valence-corrected chi connectivity index (χ4v) is 4.23. The standard InChI is InChI=1S/C19H26N2O2/c1-23-17-4-2-3-14-7-12-21(13-16(14)17)18(22)20-15-5-8-19(9-6-15)10-11-19/h2-4,15H,5-13H2,1H3,(H,20,22). The minimum absolute atomic E-state index is 0.0957. The molecule has 1 heterocycles. The van der Waals surface area contributed by atoms with Crippen LogP contribution in [0, 0.1) is 5.41 Å². The topological polar surface area (TPSA) is 41.6 Å². The summed E-state index contributed by atoms with van der Waals surface area (Å²) in [4.78, 5) is 14.6. The second kappa shape index (κ2) is 5.73. The van der Waals surface area contributed by atoms with E-state index in [1.165, 1.54) is 31.2 Å². The Morgan fingerprint density at radius 2 is 2.04 bits per heavy atom. The summed E-state index contributed by atoms with van der Waals surface area (Å²) in [7, 11) is 1.70. The maximum Gasteiger partial charge on any atom is 0.317 e. The van der Waals surface area contributed by atoms with Crippen molar-refractivity contribution in [2.45, 2.75) is 57.5 Å². The average Bonchev–Trinajstić information content (AvgIpc) is 3.35. The van der Waals surface area contributed by atoms with Gasteiger partial charge >= 0.3 is 6.03 Å². The maximum absolute atomic E-state index is 12.6. The van der Waals surface area contributed by atoms with Crippen LogP contribution in [-0.4, -0.2) is 30.6 Å². The van der Waals surface area contributed by atoms with E-state index in [2.05, 4.69) is 11.4 Å². The van der Waals surface area contributed by atoms with Gasteiger partial charge in [0.15, 0.2) is 0 Å². The summed E-state index contributed by atoms with van der Waals surface area (Å²) >= 11 is 0. The molecule has 2 aliphatic carbocycles. The van der Waals surface area contributed by atoms with E-state index in [9.17, 15) is 4.79 Å². The molecule has 1 spiro atoms. The Bertz CT molecular complexity index is 585. The number of benzene rings is 1. The SMILES string of the molecule is COc1cccc2c1CN(C(=O)NC1CCC3(CC1)CC3)CC2. The Labute approximate surface area is 138 Å². The average molecular weight is 314 g/mol. The predicted octanol–water partition coefficient (Wildman–Crippen LogP) is 3.49. The summed E-state index contributed by atoms with van der Waals surface area (Å²) < 4.78 is 5.46. The van der Waals surface area contributed by atoms with Gasteiger partial charge in [-0.25, -0.2) is 4.79 Å². The first-order valence-electron chi connectivity index (χ1n) is 8.89. The molecule has 4 heteroatoms. The summed E-state index contributed by atoms with van der Waals surface area (Å²) in [5.41, 5.74) is 3.15. The molecule has 0 bridgehead atoms. The van der Waals surface area contributed by atoms with Crippen LogP contribution >= 0.6 is 0 Å². The Hall–Kier alpha value is -1.71. The van der Waals surface area contributed by atoms with Gasteiger partial charge in [-0.2, -0.15) is 0 Å². The number of nitrogens with zero attached hydrogens (tertiary/aromatic N) is 1. The normalized spacial score (nSPS) is 22.6. The van der Waals surface area contributed by atoms with Crippen LogP contribution in [0.25, 0.3) is 0 Å². The molecule has 2 saturated carbocycles. The van der Waals surface area contributed by atoms with Crippen LogP contribution in [0.1, 0.15) is 49.7 Å². The minimum Gasteiger partial charge on any atom is -0.496 e. The van der Waals surface area contributed by atoms with E-state index in [1.54, 1.807) is 7.11 Å². The van der Waals surface area contributed by atoms with Crippen LogP contribution in [0.15, 0.2) is 18.2 Å². The first-order valence-corrected chi connectivity index (χ1v) is 8.89. The molecule has 1 aliphatic heterocycles. The second-order valence-corrected chi connectivity index (χ2v) is 7.49. The van der Waals surface area contributed by atoms with Gasteiger partial charge in [0, 0.05) is 18.2 Å². The summed E-state index contributed by atoms with van der Waals surface area (Å²) in [6.07, 6.45) is 8.64. The van der Waals surface area contributed by atoms with E-state index < -0.39 is 0 Å². The number of carbonyl (C=O) groups is 1. The zero-order valence-electron chi connectivity index (χ0n) is 13.9. The zero-order chi connectivity index (χ0) is 15.9. The number of urea groups is 1. The smallest absolute Gasteiger partial charge is 0.317 e. The molecule has 4 rings (SSSR count). The van der Waals surface area contributed by atoms with Crippen LogP contribution < -0.4 is 10.1 Å². The molecule has 1 aromatic carbocycles. The summed E-state index contributed by atoms with van der Waals surface area (Å²) in [5.74, 6) is 0.897. The van der Waals surface area contributed by atoms with Gasteiger partial charge in [-0.05, 0) is 62.0 Å². The van der Waals surface area contributed by atoms with Crippen molar-refractivity contribution in [1.82, 2.24) is 10.2 Å². The number of fused-ring (bicyclic) bond motifs is 1.